The van der Waals surface area contributed by atoms with Crippen molar-refractivity contribution >= 4 is 12.6 Å². The van der Waals surface area contributed by atoms with E-state index in [-0.39, 0.29) is 6.17 Å². The topological polar surface area (TPSA) is 48.2 Å². The molecule has 19 heavy (non-hydrogen) atoms. The highest BCUT2D eigenvalue weighted by atomic mass is 15.1. The second kappa shape index (κ2) is 8.86. The maximum absolute atomic E-state index is 7.17. The van der Waals surface area contributed by atoms with Crippen molar-refractivity contribution in [3.8, 4) is 0 Å². The Labute approximate surface area is 115 Å². The number of hydrogen-bond donors (Lipinski definition) is 2. The van der Waals surface area contributed by atoms with Gasteiger partial charge in [0.25, 0.3) is 0 Å². The Hall–Kier alpha value is -2.16. The summed E-state index contributed by atoms with van der Waals surface area (Å²) in [5.74, 6) is 0. The molecule has 0 radical (unpaired) electrons. The molecule has 1 aliphatic carbocycles. The predicted octanol–water partition coefficient (Wildman–Crippen LogP) is 3.54. The third-order valence-corrected chi connectivity index (χ3v) is 2.74. The average molecular weight is 255 g/mol. The van der Waals surface area contributed by atoms with E-state index < -0.39 is 0 Å². The Kier molecular flexibility index (Phi) is 6.95. The SMILES string of the molecule is C=C/C=C(\C=C)C(/N=C/C1=CCCCC=C1)NC=N. The first-order valence-corrected chi connectivity index (χ1v) is 6.41. The molecule has 0 amide bonds. The Morgan fingerprint density at radius 1 is 1.42 bits per heavy atom. The van der Waals surface area contributed by atoms with E-state index in [2.05, 4.69) is 41.7 Å². The summed E-state index contributed by atoms with van der Waals surface area (Å²) in [6, 6.07) is 0. The van der Waals surface area contributed by atoms with E-state index in [4.69, 9.17) is 5.41 Å². The molecular weight excluding hydrogens is 234 g/mol. The molecule has 0 aliphatic heterocycles. The van der Waals surface area contributed by atoms with Crippen LogP contribution < -0.4 is 5.32 Å². The van der Waals surface area contributed by atoms with Crippen LogP contribution in [-0.4, -0.2) is 18.7 Å². The molecule has 0 aromatic rings. The van der Waals surface area contributed by atoms with E-state index in [1.54, 1.807) is 12.2 Å². The molecule has 0 spiro atoms. The van der Waals surface area contributed by atoms with Gasteiger partial charge in [0.15, 0.2) is 0 Å². The smallest absolute Gasteiger partial charge is 0.145 e. The van der Waals surface area contributed by atoms with Crippen LogP contribution in [-0.2, 0) is 0 Å². The highest BCUT2D eigenvalue weighted by Crippen LogP contribution is 2.10. The van der Waals surface area contributed by atoms with E-state index in [1.165, 1.54) is 6.42 Å². The van der Waals surface area contributed by atoms with E-state index >= 15 is 0 Å². The maximum Gasteiger partial charge on any atom is 0.145 e. The lowest BCUT2D eigenvalue weighted by Crippen LogP contribution is -2.27. The van der Waals surface area contributed by atoms with Crippen molar-refractivity contribution in [1.29, 1.82) is 5.41 Å². The number of allylic oxidation sites excluding steroid dienone is 6. The second-order valence-electron chi connectivity index (χ2n) is 4.14. The lowest BCUT2D eigenvalue weighted by Gasteiger charge is -2.13. The van der Waals surface area contributed by atoms with E-state index in [0.29, 0.717) is 0 Å². The average Bonchev–Trinajstić information content (AvgIpc) is 2.69. The molecule has 0 aromatic carbocycles. The van der Waals surface area contributed by atoms with Gasteiger partial charge in [0.2, 0.25) is 0 Å². The molecule has 0 heterocycles. The molecule has 3 nitrogen and oxygen atoms in total. The van der Waals surface area contributed by atoms with Crippen LogP contribution in [0.4, 0.5) is 0 Å². The van der Waals surface area contributed by atoms with Crippen LogP contribution in [0.3, 0.4) is 0 Å². The first-order valence-electron chi connectivity index (χ1n) is 6.41. The summed E-state index contributed by atoms with van der Waals surface area (Å²) in [6.07, 6.45) is 17.7. The zero-order valence-electron chi connectivity index (χ0n) is 11.2. The molecule has 0 fully saturated rings. The van der Waals surface area contributed by atoms with Crippen molar-refractivity contribution in [2.24, 2.45) is 4.99 Å². The number of nitrogens with one attached hydrogen (secondary N) is 2. The Bertz CT molecular complexity index is 439. The van der Waals surface area contributed by atoms with Gasteiger partial charge in [-0.05, 0) is 30.4 Å². The molecular formula is C16H21N3. The molecule has 0 bridgehead atoms. The third kappa shape index (κ3) is 5.34. The van der Waals surface area contributed by atoms with Gasteiger partial charge < -0.3 is 5.32 Å². The fourth-order valence-electron chi connectivity index (χ4n) is 1.76. The van der Waals surface area contributed by atoms with E-state index in [1.807, 2.05) is 12.3 Å². The predicted molar refractivity (Wildman–Crippen MR) is 83.8 cm³/mol. The van der Waals surface area contributed by atoms with Gasteiger partial charge in [-0.3, -0.25) is 10.4 Å². The van der Waals surface area contributed by atoms with Gasteiger partial charge in [0, 0.05) is 6.21 Å². The summed E-state index contributed by atoms with van der Waals surface area (Å²) in [6.45, 7) is 7.43. The minimum absolute atomic E-state index is 0.300. The highest BCUT2D eigenvalue weighted by Gasteiger charge is 2.06. The van der Waals surface area contributed by atoms with Crippen LogP contribution >= 0.6 is 0 Å². The fourth-order valence-corrected chi connectivity index (χ4v) is 1.76. The molecule has 1 rings (SSSR count). The first kappa shape index (κ1) is 14.9. The van der Waals surface area contributed by atoms with Crippen molar-refractivity contribution < 1.29 is 0 Å². The van der Waals surface area contributed by atoms with Crippen LogP contribution in [0.25, 0.3) is 0 Å². The Morgan fingerprint density at radius 2 is 2.26 bits per heavy atom. The number of rotatable bonds is 7. The molecule has 0 saturated carbocycles. The maximum atomic E-state index is 7.17. The largest absolute Gasteiger partial charge is 0.351 e. The lowest BCUT2D eigenvalue weighted by molar-refractivity contribution is 0.754. The summed E-state index contributed by atoms with van der Waals surface area (Å²) in [5.41, 5.74) is 1.99. The zero-order chi connectivity index (χ0) is 13.9. The molecule has 0 saturated heterocycles. The highest BCUT2D eigenvalue weighted by molar-refractivity contribution is 5.82. The summed E-state index contributed by atoms with van der Waals surface area (Å²) in [5, 5.41) is 10.0. The van der Waals surface area contributed by atoms with Crippen molar-refractivity contribution in [3.63, 3.8) is 0 Å². The zero-order valence-corrected chi connectivity index (χ0v) is 11.2. The van der Waals surface area contributed by atoms with Crippen LogP contribution in [0, 0.1) is 5.41 Å². The number of aliphatic imine (C=N–C) groups is 1. The number of hydrogen-bond acceptors (Lipinski definition) is 2. The first-order chi connectivity index (χ1) is 9.31. The van der Waals surface area contributed by atoms with Crippen molar-refractivity contribution in [3.05, 3.63) is 60.8 Å². The van der Waals surface area contributed by atoms with Gasteiger partial charge in [-0.25, -0.2) is 0 Å². The lowest BCUT2D eigenvalue weighted by atomic mass is 10.2. The monoisotopic (exact) mass is 255 g/mol. The molecule has 0 aromatic heterocycles. The van der Waals surface area contributed by atoms with Gasteiger partial charge in [-0.1, -0.05) is 49.6 Å². The van der Waals surface area contributed by atoms with E-state index in [0.717, 1.165) is 30.3 Å². The van der Waals surface area contributed by atoms with Gasteiger partial charge in [-0.15, -0.1) is 0 Å². The molecule has 2 N–H and O–H groups in total. The fraction of sp³-hybridized carbons (Fsp3) is 0.250. The molecule has 1 atom stereocenters. The van der Waals surface area contributed by atoms with Crippen LogP contribution in [0.15, 0.2) is 65.8 Å². The van der Waals surface area contributed by atoms with Gasteiger partial charge in [-0.2, -0.15) is 0 Å². The minimum Gasteiger partial charge on any atom is -0.351 e. The van der Waals surface area contributed by atoms with Crippen molar-refractivity contribution in [1.82, 2.24) is 5.32 Å². The summed E-state index contributed by atoms with van der Waals surface area (Å²) in [7, 11) is 0. The molecule has 3 heteroatoms. The van der Waals surface area contributed by atoms with Crippen LogP contribution in [0.5, 0.6) is 0 Å². The quantitative estimate of drug-likeness (QED) is 0.408. The molecule has 1 unspecified atom stereocenters. The van der Waals surface area contributed by atoms with Gasteiger partial charge >= 0.3 is 0 Å². The standard InChI is InChI=1S/C16H21N3/c1-3-9-15(4-2)16(19-13-17)18-12-14-10-7-5-6-8-11-14/h3-4,7,9-13,16H,1-2,5-6,8H2,(H2,17,19)/b15-9+,18-12+. The third-order valence-electron chi connectivity index (χ3n) is 2.74. The summed E-state index contributed by atoms with van der Waals surface area (Å²) in [4.78, 5) is 4.47. The Morgan fingerprint density at radius 3 is 2.95 bits per heavy atom. The summed E-state index contributed by atoms with van der Waals surface area (Å²) < 4.78 is 0. The van der Waals surface area contributed by atoms with Gasteiger partial charge in [0.05, 0.1) is 6.34 Å². The summed E-state index contributed by atoms with van der Waals surface area (Å²) >= 11 is 0. The normalized spacial score (nSPS) is 17.5. The van der Waals surface area contributed by atoms with Gasteiger partial charge in [0.1, 0.15) is 6.17 Å². The minimum atomic E-state index is -0.300. The second-order valence-corrected chi connectivity index (χ2v) is 4.14. The molecule has 100 valence electrons. The van der Waals surface area contributed by atoms with Crippen molar-refractivity contribution in [2.45, 2.75) is 25.4 Å². The van der Waals surface area contributed by atoms with Crippen LogP contribution in [0.2, 0.25) is 0 Å². The van der Waals surface area contributed by atoms with E-state index in [9.17, 15) is 0 Å². The Balaban J connectivity index is 2.84. The molecule has 1 aliphatic rings. The van der Waals surface area contributed by atoms with Crippen molar-refractivity contribution in [2.75, 3.05) is 0 Å². The van der Waals surface area contributed by atoms with Crippen LogP contribution in [0.1, 0.15) is 19.3 Å². The number of nitrogens with zero attached hydrogens (tertiary/aromatic N) is 1.